The second kappa shape index (κ2) is 6.96. The quantitative estimate of drug-likeness (QED) is 0.891. The fourth-order valence-corrected chi connectivity index (χ4v) is 4.30. The maximum Gasteiger partial charge on any atom is 0.248 e. The van der Waals surface area contributed by atoms with E-state index in [0.717, 1.165) is 36.8 Å². The summed E-state index contributed by atoms with van der Waals surface area (Å²) in [6.07, 6.45) is 2.64. The van der Waals surface area contributed by atoms with Crippen LogP contribution < -0.4 is 0 Å². The highest BCUT2D eigenvalue weighted by molar-refractivity contribution is 5.86. The molecule has 1 N–H and O–H groups in total. The van der Waals surface area contributed by atoms with Gasteiger partial charge in [-0.3, -0.25) is 9.59 Å². The summed E-state index contributed by atoms with van der Waals surface area (Å²) in [7, 11) is 1.85. The number of rotatable bonds is 4. The minimum absolute atomic E-state index is 0.0101. The van der Waals surface area contributed by atoms with E-state index in [2.05, 4.69) is 9.97 Å². The first kappa shape index (κ1) is 18.0. The lowest BCUT2D eigenvalue weighted by atomic mass is 9.78. The predicted molar refractivity (Wildman–Crippen MR) is 101 cm³/mol. The van der Waals surface area contributed by atoms with Crippen molar-refractivity contribution in [2.24, 2.45) is 5.41 Å². The minimum atomic E-state index is -0.376. The van der Waals surface area contributed by atoms with Crippen molar-refractivity contribution in [2.45, 2.75) is 32.8 Å². The van der Waals surface area contributed by atoms with Crippen LogP contribution in [0.3, 0.4) is 0 Å². The Hall–Kier alpha value is -2.41. The summed E-state index contributed by atoms with van der Waals surface area (Å²) in [5.41, 5.74) is 2.66. The molecule has 7 heteroatoms. The Morgan fingerprint density at radius 2 is 2.19 bits per heavy atom. The van der Waals surface area contributed by atoms with Crippen LogP contribution in [-0.2, 0) is 20.9 Å². The van der Waals surface area contributed by atoms with Crippen LogP contribution in [0, 0.1) is 12.3 Å². The lowest BCUT2D eigenvalue weighted by Crippen LogP contribution is -2.48. The number of aromatic nitrogens is 2. The van der Waals surface area contributed by atoms with E-state index in [1.54, 1.807) is 9.80 Å². The predicted octanol–water partition coefficient (Wildman–Crippen LogP) is 1.86. The fourth-order valence-electron chi connectivity index (χ4n) is 4.30. The molecule has 0 radical (unpaired) electrons. The molecule has 2 aromatic rings. The first-order chi connectivity index (χ1) is 13.0. The molecule has 0 bridgehead atoms. The Balaban J connectivity index is 1.31. The molecule has 3 heterocycles. The number of H-pyrrole nitrogens is 1. The number of nitrogens with one attached hydrogen (secondary N) is 1. The summed E-state index contributed by atoms with van der Waals surface area (Å²) >= 11 is 0. The summed E-state index contributed by atoms with van der Waals surface area (Å²) in [4.78, 5) is 36.4. The molecule has 2 aliphatic rings. The SMILES string of the molecule is Cc1ccc2nc(COCC(=O)N3CC[C@@]4(CCCN(C)C4=O)C3)[nH]c2c1. The smallest absolute Gasteiger partial charge is 0.248 e. The summed E-state index contributed by atoms with van der Waals surface area (Å²) < 4.78 is 5.60. The molecule has 2 amide bonds. The lowest BCUT2D eigenvalue weighted by Gasteiger charge is -2.37. The molecule has 0 aliphatic carbocycles. The standard InChI is InChI=1S/C20H26N4O3/c1-14-4-5-15-16(10-14)22-17(21-15)11-27-12-18(25)24-9-7-20(13-24)6-3-8-23(2)19(20)26/h4-5,10H,3,6-9,11-13H2,1-2H3,(H,21,22)/t20-/m0/s1. The number of benzene rings is 1. The monoisotopic (exact) mass is 370 g/mol. The number of fused-ring (bicyclic) bond motifs is 1. The number of nitrogens with zero attached hydrogens (tertiary/aromatic N) is 3. The van der Waals surface area contributed by atoms with Crippen molar-refractivity contribution in [1.82, 2.24) is 19.8 Å². The molecule has 0 unspecified atom stereocenters. The third kappa shape index (κ3) is 3.43. The highest BCUT2D eigenvalue weighted by Crippen LogP contribution is 2.39. The van der Waals surface area contributed by atoms with E-state index in [1.807, 2.05) is 32.2 Å². The van der Waals surface area contributed by atoms with E-state index < -0.39 is 0 Å². The number of aromatic amines is 1. The Morgan fingerprint density at radius 3 is 3.04 bits per heavy atom. The molecule has 1 aromatic carbocycles. The van der Waals surface area contributed by atoms with Gasteiger partial charge in [0.2, 0.25) is 11.8 Å². The number of amides is 2. The Kier molecular flexibility index (Phi) is 4.63. The molecule has 7 nitrogen and oxygen atoms in total. The van der Waals surface area contributed by atoms with E-state index in [1.165, 1.54) is 5.56 Å². The number of aryl methyl sites for hydroxylation is 1. The molecule has 1 spiro atoms. The van der Waals surface area contributed by atoms with Gasteiger partial charge in [-0.1, -0.05) is 6.07 Å². The van der Waals surface area contributed by atoms with Gasteiger partial charge >= 0.3 is 0 Å². The summed E-state index contributed by atoms with van der Waals surface area (Å²) in [6.45, 7) is 4.27. The van der Waals surface area contributed by atoms with Gasteiger partial charge in [-0.2, -0.15) is 0 Å². The number of hydrogen-bond donors (Lipinski definition) is 1. The number of carbonyl (C=O) groups is 2. The van der Waals surface area contributed by atoms with Gasteiger partial charge in [-0.25, -0.2) is 4.98 Å². The van der Waals surface area contributed by atoms with E-state index in [0.29, 0.717) is 18.9 Å². The van der Waals surface area contributed by atoms with E-state index in [-0.39, 0.29) is 30.4 Å². The number of piperidine rings is 1. The van der Waals surface area contributed by atoms with Gasteiger partial charge in [0.25, 0.3) is 0 Å². The van der Waals surface area contributed by atoms with Crippen LogP contribution in [0.25, 0.3) is 11.0 Å². The molecule has 144 valence electrons. The Morgan fingerprint density at radius 1 is 1.33 bits per heavy atom. The van der Waals surface area contributed by atoms with Gasteiger partial charge in [-0.05, 0) is 43.9 Å². The van der Waals surface area contributed by atoms with Gasteiger partial charge in [-0.15, -0.1) is 0 Å². The van der Waals surface area contributed by atoms with Crippen LogP contribution in [0.5, 0.6) is 0 Å². The third-order valence-electron chi connectivity index (χ3n) is 5.81. The average molecular weight is 370 g/mol. The molecule has 2 saturated heterocycles. The zero-order chi connectivity index (χ0) is 19.0. The minimum Gasteiger partial charge on any atom is -0.364 e. The maximum absolute atomic E-state index is 12.6. The summed E-state index contributed by atoms with van der Waals surface area (Å²) in [5.74, 6) is 0.841. The topological polar surface area (TPSA) is 78.5 Å². The van der Waals surface area contributed by atoms with Crippen molar-refractivity contribution in [3.8, 4) is 0 Å². The Labute approximate surface area is 158 Å². The van der Waals surface area contributed by atoms with Crippen molar-refractivity contribution in [2.75, 3.05) is 33.3 Å². The van der Waals surface area contributed by atoms with Gasteiger partial charge < -0.3 is 19.5 Å². The third-order valence-corrected chi connectivity index (χ3v) is 5.81. The van der Waals surface area contributed by atoms with Crippen LogP contribution >= 0.6 is 0 Å². The molecular formula is C20H26N4O3. The molecule has 27 heavy (non-hydrogen) atoms. The van der Waals surface area contributed by atoms with Crippen molar-refractivity contribution >= 4 is 22.8 Å². The molecule has 2 fully saturated rings. The van der Waals surface area contributed by atoms with Crippen LogP contribution in [0.15, 0.2) is 18.2 Å². The fraction of sp³-hybridized carbons (Fsp3) is 0.550. The first-order valence-corrected chi connectivity index (χ1v) is 9.53. The van der Waals surface area contributed by atoms with E-state index in [4.69, 9.17) is 4.74 Å². The molecule has 4 rings (SSSR count). The molecule has 2 aliphatic heterocycles. The van der Waals surface area contributed by atoms with Crippen molar-refractivity contribution in [3.05, 3.63) is 29.6 Å². The molecule has 0 saturated carbocycles. The van der Waals surface area contributed by atoms with Crippen LogP contribution in [0.1, 0.15) is 30.7 Å². The van der Waals surface area contributed by atoms with Gasteiger partial charge in [0.15, 0.2) is 0 Å². The largest absolute Gasteiger partial charge is 0.364 e. The van der Waals surface area contributed by atoms with Crippen molar-refractivity contribution in [3.63, 3.8) is 0 Å². The second-order valence-corrected chi connectivity index (χ2v) is 7.87. The zero-order valence-electron chi connectivity index (χ0n) is 16.0. The molecular weight excluding hydrogens is 344 g/mol. The van der Waals surface area contributed by atoms with Crippen LogP contribution in [0.4, 0.5) is 0 Å². The van der Waals surface area contributed by atoms with Gasteiger partial charge in [0.1, 0.15) is 19.0 Å². The van der Waals surface area contributed by atoms with E-state index >= 15 is 0 Å². The Bertz CT molecular complexity index is 877. The number of imidazole rings is 1. The average Bonchev–Trinajstić information content (AvgIpc) is 3.24. The number of ether oxygens (including phenoxy) is 1. The van der Waals surface area contributed by atoms with Gasteiger partial charge in [0.05, 0.1) is 16.4 Å². The van der Waals surface area contributed by atoms with Gasteiger partial charge in [0, 0.05) is 26.7 Å². The van der Waals surface area contributed by atoms with Crippen molar-refractivity contribution in [1.29, 1.82) is 0 Å². The zero-order valence-corrected chi connectivity index (χ0v) is 16.0. The highest BCUT2D eigenvalue weighted by Gasteiger charge is 2.48. The van der Waals surface area contributed by atoms with Crippen molar-refractivity contribution < 1.29 is 14.3 Å². The first-order valence-electron chi connectivity index (χ1n) is 9.53. The molecule has 1 atom stereocenters. The number of likely N-dealkylation sites (tertiary alicyclic amines) is 2. The lowest BCUT2D eigenvalue weighted by molar-refractivity contribution is -0.145. The number of carbonyl (C=O) groups excluding carboxylic acids is 2. The molecule has 1 aromatic heterocycles. The summed E-state index contributed by atoms with van der Waals surface area (Å²) in [6, 6.07) is 6.03. The van der Waals surface area contributed by atoms with Crippen LogP contribution in [0.2, 0.25) is 0 Å². The summed E-state index contributed by atoms with van der Waals surface area (Å²) in [5, 5.41) is 0. The second-order valence-electron chi connectivity index (χ2n) is 7.87. The van der Waals surface area contributed by atoms with E-state index in [9.17, 15) is 9.59 Å². The maximum atomic E-state index is 12.6. The van der Waals surface area contributed by atoms with Crippen LogP contribution in [-0.4, -0.2) is 64.9 Å². The normalized spacial score (nSPS) is 23.0. The highest BCUT2D eigenvalue weighted by atomic mass is 16.5. The number of hydrogen-bond acceptors (Lipinski definition) is 4.